The van der Waals surface area contributed by atoms with E-state index in [0.29, 0.717) is 27.1 Å². The minimum Gasteiger partial charge on any atom is -0.397 e. The molecule has 0 bridgehead atoms. The second-order valence-corrected chi connectivity index (χ2v) is 4.78. The van der Waals surface area contributed by atoms with Gasteiger partial charge in [-0.05, 0) is 42.8 Å². The molecular formula is C13H11Cl2FN2. The molecule has 2 rings (SSSR count). The van der Waals surface area contributed by atoms with E-state index >= 15 is 0 Å². The number of anilines is 3. The number of nitrogens with one attached hydrogen (secondary N) is 1. The number of rotatable bonds is 2. The molecule has 0 amide bonds. The van der Waals surface area contributed by atoms with Gasteiger partial charge in [0.2, 0.25) is 0 Å². The van der Waals surface area contributed by atoms with E-state index in [4.69, 9.17) is 28.9 Å². The Hall–Kier alpha value is -1.45. The largest absolute Gasteiger partial charge is 0.397 e. The third kappa shape index (κ3) is 2.68. The summed E-state index contributed by atoms with van der Waals surface area (Å²) in [5, 5.41) is 3.61. The molecule has 5 heteroatoms. The lowest BCUT2D eigenvalue weighted by Crippen LogP contribution is -1.97. The quantitative estimate of drug-likeness (QED) is 0.780. The van der Waals surface area contributed by atoms with E-state index < -0.39 is 5.82 Å². The summed E-state index contributed by atoms with van der Waals surface area (Å²) in [7, 11) is 0. The van der Waals surface area contributed by atoms with Crippen LogP contribution in [0.25, 0.3) is 0 Å². The second kappa shape index (κ2) is 5.04. The molecule has 2 aromatic rings. The van der Waals surface area contributed by atoms with Gasteiger partial charge in [0.15, 0.2) is 0 Å². The van der Waals surface area contributed by atoms with Gasteiger partial charge in [-0.25, -0.2) is 4.39 Å². The molecule has 0 aliphatic carbocycles. The number of nitrogen functional groups attached to an aromatic ring is 1. The van der Waals surface area contributed by atoms with Crippen LogP contribution in [0.3, 0.4) is 0 Å². The number of benzene rings is 2. The molecule has 0 unspecified atom stereocenters. The van der Waals surface area contributed by atoms with Gasteiger partial charge in [0.25, 0.3) is 0 Å². The standard InChI is InChI=1S/C13H11Cl2FN2/c1-7-4-10(17)13(15)12(5-7)18-11-3-2-8(14)6-9(11)16/h2-6,18H,17H2,1H3. The molecule has 0 atom stereocenters. The van der Waals surface area contributed by atoms with Crippen molar-refractivity contribution in [1.82, 2.24) is 0 Å². The molecule has 0 radical (unpaired) electrons. The normalized spacial score (nSPS) is 10.4. The van der Waals surface area contributed by atoms with E-state index in [1.54, 1.807) is 24.3 Å². The predicted octanol–water partition coefficient (Wildman–Crippen LogP) is 4.77. The van der Waals surface area contributed by atoms with E-state index in [1.807, 2.05) is 6.92 Å². The third-order valence-corrected chi connectivity index (χ3v) is 3.10. The number of hydrogen-bond donors (Lipinski definition) is 2. The Morgan fingerprint density at radius 3 is 2.50 bits per heavy atom. The number of nitrogens with two attached hydrogens (primary N) is 1. The minimum atomic E-state index is -0.446. The first-order valence-electron chi connectivity index (χ1n) is 5.25. The monoisotopic (exact) mass is 284 g/mol. The van der Waals surface area contributed by atoms with Gasteiger partial charge in [-0.1, -0.05) is 23.2 Å². The van der Waals surface area contributed by atoms with E-state index in [0.717, 1.165) is 5.56 Å². The Balaban J connectivity index is 2.40. The first-order chi connectivity index (χ1) is 8.47. The first kappa shape index (κ1) is 13.0. The van der Waals surface area contributed by atoms with Crippen molar-refractivity contribution in [1.29, 1.82) is 0 Å². The topological polar surface area (TPSA) is 38.0 Å². The fourth-order valence-corrected chi connectivity index (χ4v) is 1.94. The van der Waals surface area contributed by atoms with Crippen LogP contribution in [0.5, 0.6) is 0 Å². The number of hydrogen-bond acceptors (Lipinski definition) is 2. The van der Waals surface area contributed by atoms with Crippen molar-refractivity contribution in [3.63, 3.8) is 0 Å². The fraction of sp³-hybridized carbons (Fsp3) is 0.0769. The maximum atomic E-state index is 13.6. The summed E-state index contributed by atoms with van der Waals surface area (Å²) in [6.45, 7) is 1.89. The zero-order chi connectivity index (χ0) is 13.3. The van der Waals surface area contributed by atoms with Crippen LogP contribution in [0.15, 0.2) is 30.3 Å². The van der Waals surface area contributed by atoms with Gasteiger partial charge in [-0.3, -0.25) is 0 Å². The lowest BCUT2D eigenvalue weighted by Gasteiger charge is -2.12. The average Bonchev–Trinajstić information content (AvgIpc) is 2.29. The highest BCUT2D eigenvalue weighted by Gasteiger charge is 2.08. The van der Waals surface area contributed by atoms with Crippen molar-refractivity contribution in [3.8, 4) is 0 Å². The third-order valence-electron chi connectivity index (χ3n) is 2.45. The maximum Gasteiger partial charge on any atom is 0.148 e. The predicted molar refractivity (Wildman–Crippen MR) is 75.3 cm³/mol. The van der Waals surface area contributed by atoms with E-state index in [1.165, 1.54) is 6.07 Å². The molecule has 0 saturated heterocycles. The summed E-state index contributed by atoms with van der Waals surface area (Å²) < 4.78 is 13.6. The Kier molecular flexibility index (Phi) is 3.64. The molecule has 2 nitrogen and oxygen atoms in total. The zero-order valence-electron chi connectivity index (χ0n) is 9.60. The van der Waals surface area contributed by atoms with E-state index in [2.05, 4.69) is 5.32 Å². The van der Waals surface area contributed by atoms with Crippen LogP contribution in [-0.4, -0.2) is 0 Å². The SMILES string of the molecule is Cc1cc(N)c(Cl)c(Nc2ccc(Cl)cc2F)c1. The van der Waals surface area contributed by atoms with Crippen LogP contribution in [0.2, 0.25) is 10.0 Å². The van der Waals surface area contributed by atoms with Crippen LogP contribution < -0.4 is 11.1 Å². The summed E-state index contributed by atoms with van der Waals surface area (Å²) in [6.07, 6.45) is 0. The van der Waals surface area contributed by atoms with Crippen molar-refractivity contribution in [2.45, 2.75) is 6.92 Å². The van der Waals surface area contributed by atoms with Crippen molar-refractivity contribution >= 4 is 40.3 Å². The maximum absolute atomic E-state index is 13.6. The average molecular weight is 285 g/mol. The van der Waals surface area contributed by atoms with E-state index in [9.17, 15) is 4.39 Å². The molecule has 94 valence electrons. The van der Waals surface area contributed by atoms with Crippen molar-refractivity contribution < 1.29 is 4.39 Å². The Labute approximate surface area is 115 Å². The van der Waals surface area contributed by atoms with Gasteiger partial charge in [-0.2, -0.15) is 0 Å². The van der Waals surface area contributed by atoms with Crippen molar-refractivity contribution in [3.05, 3.63) is 51.8 Å². The van der Waals surface area contributed by atoms with Crippen LogP contribution in [-0.2, 0) is 0 Å². The molecule has 0 aromatic heterocycles. The molecule has 18 heavy (non-hydrogen) atoms. The van der Waals surface area contributed by atoms with Gasteiger partial charge in [-0.15, -0.1) is 0 Å². The lowest BCUT2D eigenvalue weighted by atomic mass is 10.2. The molecule has 0 saturated carbocycles. The van der Waals surface area contributed by atoms with Crippen LogP contribution in [0.4, 0.5) is 21.5 Å². The Bertz CT molecular complexity index is 600. The minimum absolute atomic E-state index is 0.298. The summed E-state index contributed by atoms with van der Waals surface area (Å²) in [4.78, 5) is 0. The molecule has 0 aliphatic heterocycles. The van der Waals surface area contributed by atoms with Crippen LogP contribution >= 0.6 is 23.2 Å². The Morgan fingerprint density at radius 1 is 1.11 bits per heavy atom. The van der Waals surface area contributed by atoms with Gasteiger partial charge in [0.05, 0.1) is 22.1 Å². The van der Waals surface area contributed by atoms with Gasteiger partial charge >= 0.3 is 0 Å². The fourth-order valence-electron chi connectivity index (χ4n) is 1.62. The summed E-state index contributed by atoms with van der Waals surface area (Å²) in [5.74, 6) is -0.446. The summed E-state index contributed by atoms with van der Waals surface area (Å²) >= 11 is 11.8. The van der Waals surface area contributed by atoms with Crippen LogP contribution in [0.1, 0.15) is 5.56 Å². The highest BCUT2D eigenvalue weighted by atomic mass is 35.5. The van der Waals surface area contributed by atoms with Crippen molar-refractivity contribution in [2.75, 3.05) is 11.1 Å². The van der Waals surface area contributed by atoms with Gasteiger partial charge < -0.3 is 11.1 Å². The highest BCUT2D eigenvalue weighted by molar-refractivity contribution is 6.36. The first-order valence-corrected chi connectivity index (χ1v) is 6.00. The molecule has 2 aromatic carbocycles. The second-order valence-electron chi connectivity index (χ2n) is 3.96. The number of halogens is 3. The molecule has 0 spiro atoms. The molecular weight excluding hydrogens is 274 g/mol. The molecule has 0 aliphatic rings. The Morgan fingerprint density at radius 2 is 1.83 bits per heavy atom. The van der Waals surface area contributed by atoms with Crippen LogP contribution in [0, 0.1) is 12.7 Å². The highest BCUT2D eigenvalue weighted by Crippen LogP contribution is 2.33. The van der Waals surface area contributed by atoms with Gasteiger partial charge in [0, 0.05) is 5.02 Å². The van der Waals surface area contributed by atoms with Gasteiger partial charge in [0.1, 0.15) is 5.82 Å². The zero-order valence-corrected chi connectivity index (χ0v) is 11.1. The number of aryl methyl sites for hydroxylation is 1. The smallest absolute Gasteiger partial charge is 0.148 e. The summed E-state index contributed by atoms with van der Waals surface area (Å²) in [6, 6.07) is 7.93. The summed E-state index contributed by atoms with van der Waals surface area (Å²) in [5.41, 5.74) is 8.00. The molecule has 0 heterocycles. The van der Waals surface area contributed by atoms with Crippen molar-refractivity contribution in [2.24, 2.45) is 0 Å². The lowest BCUT2D eigenvalue weighted by molar-refractivity contribution is 0.632. The molecule has 3 N–H and O–H groups in total. The van der Waals surface area contributed by atoms with E-state index in [-0.39, 0.29) is 0 Å². The molecule has 0 fully saturated rings.